The first-order valence-corrected chi connectivity index (χ1v) is 12.2. The van der Waals surface area contributed by atoms with Crippen LogP contribution in [0.2, 0.25) is 0 Å². The molecule has 1 heterocycles. The predicted molar refractivity (Wildman–Crippen MR) is 125 cm³/mol. The number of nitrogens with zero attached hydrogens (tertiary/aromatic N) is 1. The van der Waals surface area contributed by atoms with Crippen LogP contribution in [-0.2, 0) is 10.0 Å². The van der Waals surface area contributed by atoms with E-state index in [2.05, 4.69) is 5.32 Å². The van der Waals surface area contributed by atoms with E-state index in [1.807, 2.05) is 0 Å². The molecule has 5 nitrogen and oxygen atoms in total. The van der Waals surface area contributed by atoms with Crippen LogP contribution in [0.25, 0.3) is 11.1 Å². The Hall–Kier alpha value is -2.90. The van der Waals surface area contributed by atoms with Gasteiger partial charge >= 0.3 is 0 Å². The summed E-state index contributed by atoms with van der Waals surface area (Å²) in [6.07, 6.45) is 1.79. The van der Waals surface area contributed by atoms with Gasteiger partial charge in [0.05, 0.1) is 17.7 Å². The van der Waals surface area contributed by atoms with E-state index < -0.39 is 10.0 Å². The average molecular weight is 455 g/mol. The molecular formula is C25H27FN2O3S. The van der Waals surface area contributed by atoms with Crippen molar-refractivity contribution in [1.29, 1.82) is 0 Å². The second-order valence-electron chi connectivity index (χ2n) is 7.94. The Balaban J connectivity index is 1.87. The highest BCUT2D eigenvalue weighted by Gasteiger charge is 2.30. The number of anilines is 1. The summed E-state index contributed by atoms with van der Waals surface area (Å²) >= 11 is 0. The largest absolute Gasteiger partial charge is 0.497 e. The third-order valence-corrected chi connectivity index (χ3v) is 7.62. The number of ether oxygens (including phenoxy) is 1. The molecule has 0 radical (unpaired) electrons. The molecular weight excluding hydrogens is 427 g/mol. The van der Waals surface area contributed by atoms with Gasteiger partial charge in [-0.05, 0) is 79.9 Å². The minimum atomic E-state index is -3.84. The van der Waals surface area contributed by atoms with Crippen LogP contribution in [0.4, 0.5) is 10.1 Å². The van der Waals surface area contributed by atoms with Gasteiger partial charge in [0, 0.05) is 12.1 Å². The van der Waals surface area contributed by atoms with Crippen LogP contribution in [0, 0.1) is 11.7 Å². The van der Waals surface area contributed by atoms with Gasteiger partial charge in [-0.1, -0.05) is 30.3 Å². The van der Waals surface area contributed by atoms with Crippen molar-refractivity contribution < 1.29 is 17.5 Å². The number of piperidine rings is 1. The molecule has 1 saturated heterocycles. The Bertz CT molecular complexity index is 1160. The maximum absolute atomic E-state index is 14.1. The Labute approximate surface area is 188 Å². The zero-order valence-electron chi connectivity index (χ0n) is 18.0. The minimum absolute atomic E-state index is 0.220. The first kappa shape index (κ1) is 22.3. The van der Waals surface area contributed by atoms with E-state index in [1.54, 1.807) is 67.8 Å². The summed E-state index contributed by atoms with van der Waals surface area (Å²) in [5, 5.41) is 3.33. The Morgan fingerprint density at radius 1 is 1.00 bits per heavy atom. The lowest BCUT2D eigenvalue weighted by Crippen LogP contribution is -2.39. The molecule has 0 saturated carbocycles. The van der Waals surface area contributed by atoms with Crippen LogP contribution < -0.4 is 14.4 Å². The summed E-state index contributed by atoms with van der Waals surface area (Å²) in [4.78, 5) is 0.231. The quantitative estimate of drug-likeness (QED) is 0.562. The molecule has 32 heavy (non-hydrogen) atoms. The van der Waals surface area contributed by atoms with Crippen LogP contribution >= 0.6 is 0 Å². The molecule has 3 aromatic carbocycles. The van der Waals surface area contributed by atoms with Gasteiger partial charge in [0.15, 0.2) is 0 Å². The molecule has 0 amide bonds. The number of hydrogen-bond donors (Lipinski definition) is 1. The highest BCUT2D eigenvalue weighted by atomic mass is 32.2. The summed E-state index contributed by atoms with van der Waals surface area (Å²) in [5.74, 6) is 0.413. The van der Waals surface area contributed by atoms with Crippen molar-refractivity contribution in [3.05, 3.63) is 78.6 Å². The summed E-state index contributed by atoms with van der Waals surface area (Å²) < 4.78 is 48.6. The van der Waals surface area contributed by atoms with Crippen LogP contribution in [0.3, 0.4) is 0 Å². The molecule has 3 aromatic rings. The predicted octanol–water partition coefficient (Wildman–Crippen LogP) is 4.70. The fourth-order valence-electron chi connectivity index (χ4n) is 4.09. The third kappa shape index (κ3) is 4.79. The Kier molecular flexibility index (Phi) is 6.77. The zero-order valence-corrected chi connectivity index (χ0v) is 18.8. The van der Waals surface area contributed by atoms with Gasteiger partial charge in [0.1, 0.15) is 11.6 Å². The summed E-state index contributed by atoms with van der Waals surface area (Å²) in [5.41, 5.74) is 1.72. The number of hydrogen-bond acceptors (Lipinski definition) is 4. The van der Waals surface area contributed by atoms with Gasteiger partial charge < -0.3 is 10.1 Å². The topological polar surface area (TPSA) is 58.6 Å². The van der Waals surface area contributed by atoms with Gasteiger partial charge in [-0.25, -0.2) is 12.8 Å². The number of benzene rings is 3. The first-order valence-electron chi connectivity index (χ1n) is 10.7. The SMILES string of the molecule is COc1ccc(N(CC2CCNCC2)S(=O)(=O)c2ccccc2)c(-c2cccc(F)c2)c1. The third-order valence-electron chi connectivity index (χ3n) is 5.82. The number of sulfonamides is 1. The highest BCUT2D eigenvalue weighted by molar-refractivity contribution is 7.92. The van der Waals surface area contributed by atoms with Crippen molar-refractivity contribution in [3.8, 4) is 16.9 Å². The van der Waals surface area contributed by atoms with Gasteiger partial charge in [0.2, 0.25) is 0 Å². The fraction of sp³-hybridized carbons (Fsp3) is 0.280. The van der Waals surface area contributed by atoms with Crippen molar-refractivity contribution >= 4 is 15.7 Å². The van der Waals surface area contributed by atoms with Crippen molar-refractivity contribution in [2.75, 3.05) is 31.0 Å². The van der Waals surface area contributed by atoms with Crippen LogP contribution in [0.15, 0.2) is 77.7 Å². The van der Waals surface area contributed by atoms with Crippen LogP contribution in [-0.4, -0.2) is 35.2 Å². The van der Waals surface area contributed by atoms with Crippen molar-refractivity contribution in [2.45, 2.75) is 17.7 Å². The molecule has 4 rings (SSSR count). The molecule has 0 spiro atoms. The van der Waals surface area contributed by atoms with Crippen LogP contribution in [0.1, 0.15) is 12.8 Å². The molecule has 0 bridgehead atoms. The number of methoxy groups -OCH3 is 1. The molecule has 0 aliphatic carbocycles. The maximum Gasteiger partial charge on any atom is 0.264 e. The molecule has 1 N–H and O–H groups in total. The fourth-order valence-corrected chi connectivity index (χ4v) is 5.67. The maximum atomic E-state index is 14.1. The van der Waals surface area contributed by atoms with Crippen molar-refractivity contribution in [1.82, 2.24) is 5.32 Å². The molecule has 1 aliphatic heterocycles. The number of nitrogens with one attached hydrogen (secondary N) is 1. The molecule has 1 aliphatic rings. The van der Waals surface area contributed by atoms with Gasteiger partial charge in [-0.15, -0.1) is 0 Å². The second-order valence-corrected chi connectivity index (χ2v) is 9.80. The zero-order chi connectivity index (χ0) is 22.6. The van der Waals surface area contributed by atoms with Gasteiger partial charge in [-0.2, -0.15) is 0 Å². The summed E-state index contributed by atoms with van der Waals surface area (Å²) in [6, 6.07) is 19.9. The molecule has 1 fully saturated rings. The molecule has 0 aromatic heterocycles. The lowest BCUT2D eigenvalue weighted by atomic mass is 9.97. The average Bonchev–Trinajstić information content (AvgIpc) is 2.83. The van der Waals surface area contributed by atoms with E-state index in [-0.39, 0.29) is 16.6 Å². The Morgan fingerprint density at radius 2 is 1.75 bits per heavy atom. The second kappa shape index (κ2) is 9.71. The molecule has 0 atom stereocenters. The van der Waals surface area contributed by atoms with E-state index in [9.17, 15) is 12.8 Å². The Morgan fingerprint density at radius 3 is 2.44 bits per heavy atom. The van der Waals surface area contributed by atoms with Crippen molar-refractivity contribution in [3.63, 3.8) is 0 Å². The standard InChI is InChI=1S/C25H27FN2O3S/c1-31-22-10-11-25(24(17-22)20-6-5-7-21(26)16-20)28(18-19-12-14-27-15-13-19)32(29,30)23-8-3-2-4-9-23/h2-11,16-17,19,27H,12-15,18H2,1H3. The lowest BCUT2D eigenvalue weighted by Gasteiger charge is -2.32. The number of rotatable bonds is 7. The van der Waals surface area contributed by atoms with E-state index in [0.29, 0.717) is 29.1 Å². The van der Waals surface area contributed by atoms with Gasteiger partial charge in [0.25, 0.3) is 10.0 Å². The van der Waals surface area contributed by atoms with Crippen molar-refractivity contribution in [2.24, 2.45) is 5.92 Å². The van der Waals surface area contributed by atoms with E-state index in [0.717, 1.165) is 25.9 Å². The highest BCUT2D eigenvalue weighted by Crippen LogP contribution is 2.38. The van der Waals surface area contributed by atoms with E-state index >= 15 is 0 Å². The molecule has 168 valence electrons. The van der Waals surface area contributed by atoms with Crippen LogP contribution in [0.5, 0.6) is 5.75 Å². The smallest absolute Gasteiger partial charge is 0.264 e. The number of halogens is 1. The first-order chi connectivity index (χ1) is 15.5. The minimum Gasteiger partial charge on any atom is -0.497 e. The normalized spacial score (nSPS) is 14.8. The molecule has 0 unspecified atom stereocenters. The van der Waals surface area contributed by atoms with E-state index in [4.69, 9.17) is 4.74 Å². The van der Waals surface area contributed by atoms with E-state index in [1.165, 1.54) is 16.4 Å². The summed E-state index contributed by atoms with van der Waals surface area (Å²) in [7, 11) is -2.28. The monoisotopic (exact) mass is 454 g/mol. The summed E-state index contributed by atoms with van der Waals surface area (Å²) in [6.45, 7) is 2.08. The lowest BCUT2D eigenvalue weighted by molar-refractivity contribution is 0.382. The van der Waals surface area contributed by atoms with Gasteiger partial charge in [-0.3, -0.25) is 4.31 Å². The molecule has 7 heteroatoms.